The third-order valence-corrected chi connectivity index (χ3v) is 5.05. The summed E-state index contributed by atoms with van der Waals surface area (Å²) in [4.78, 5) is 35.8. The summed E-state index contributed by atoms with van der Waals surface area (Å²) in [6, 6.07) is 13.6. The van der Waals surface area contributed by atoms with Crippen LogP contribution in [0.5, 0.6) is 0 Å². The third-order valence-electron chi connectivity index (χ3n) is 4.00. The van der Waals surface area contributed by atoms with Crippen molar-refractivity contribution in [2.75, 3.05) is 6.61 Å². The highest BCUT2D eigenvalue weighted by molar-refractivity contribution is 14.1. The van der Waals surface area contributed by atoms with E-state index >= 15 is 0 Å². The first-order valence-corrected chi connectivity index (χ1v) is 9.83. The smallest absolute Gasteiger partial charge is 0.408 e. The maximum atomic E-state index is 12.4. The molecule has 0 saturated carbocycles. The quantitative estimate of drug-likeness (QED) is 0.379. The number of benzene rings is 2. The third kappa shape index (κ3) is 7.35. The molecule has 0 aromatic heterocycles. The van der Waals surface area contributed by atoms with E-state index in [1.54, 1.807) is 36.4 Å². The highest BCUT2D eigenvalue weighted by Gasteiger charge is 2.27. The molecule has 2 amide bonds. The molecule has 154 valence electrons. The summed E-state index contributed by atoms with van der Waals surface area (Å²) in [5.74, 6) is -2.04. The first-order valence-electron chi connectivity index (χ1n) is 8.75. The molecule has 4 N–H and O–H groups in total. The Balaban J connectivity index is 1.93. The largest absolute Gasteiger partial charge is 0.480 e. The molecule has 29 heavy (non-hydrogen) atoms. The molecule has 9 heteroatoms. The van der Waals surface area contributed by atoms with Crippen LogP contribution in [-0.4, -0.2) is 46.9 Å². The summed E-state index contributed by atoms with van der Waals surface area (Å²) in [7, 11) is 0. The number of amides is 2. The number of carboxylic acids is 1. The Hall–Kier alpha value is -2.66. The van der Waals surface area contributed by atoms with Gasteiger partial charge in [-0.3, -0.25) is 4.79 Å². The van der Waals surface area contributed by atoms with Crippen LogP contribution in [0.2, 0.25) is 0 Å². The maximum absolute atomic E-state index is 12.4. The van der Waals surface area contributed by atoms with Crippen LogP contribution in [0.4, 0.5) is 4.79 Å². The van der Waals surface area contributed by atoms with E-state index in [0.717, 1.165) is 14.7 Å². The van der Waals surface area contributed by atoms with E-state index in [4.69, 9.17) is 4.74 Å². The average Bonchev–Trinajstić information content (AvgIpc) is 2.72. The highest BCUT2D eigenvalue weighted by Crippen LogP contribution is 2.13. The lowest BCUT2D eigenvalue weighted by molar-refractivity contribution is -0.142. The van der Waals surface area contributed by atoms with Crippen molar-refractivity contribution in [2.45, 2.75) is 25.1 Å². The number of aliphatic hydroxyl groups is 1. The number of halogens is 1. The van der Waals surface area contributed by atoms with Crippen molar-refractivity contribution >= 4 is 40.6 Å². The molecule has 0 aliphatic rings. The van der Waals surface area contributed by atoms with Gasteiger partial charge in [-0.1, -0.05) is 48.5 Å². The fourth-order valence-electron chi connectivity index (χ4n) is 2.46. The number of carbonyl (C=O) groups is 3. The van der Waals surface area contributed by atoms with Gasteiger partial charge in [0.2, 0.25) is 5.91 Å². The van der Waals surface area contributed by atoms with Crippen molar-refractivity contribution < 1.29 is 29.3 Å². The van der Waals surface area contributed by atoms with Crippen molar-refractivity contribution in [1.29, 1.82) is 0 Å². The fourth-order valence-corrected chi connectivity index (χ4v) is 3.06. The number of ether oxygens (including phenoxy) is 1. The second kappa shape index (κ2) is 11.4. The standard InChI is InChI=1S/C20H21IN2O6/c21-15-9-5-4-8-14(15)10-16(19(26)27)22-18(25)17(11-24)23-20(28)29-12-13-6-2-1-3-7-13/h1-9,16-17,24H,10-12H2,(H,22,25)(H,23,28)(H,26,27)/t16-,17-/m0/s1. The molecule has 0 aliphatic carbocycles. The van der Waals surface area contributed by atoms with Gasteiger partial charge in [0.25, 0.3) is 0 Å². The molecule has 8 nitrogen and oxygen atoms in total. The molecular weight excluding hydrogens is 491 g/mol. The number of aliphatic carboxylic acids is 1. The Morgan fingerprint density at radius 1 is 0.966 bits per heavy atom. The minimum Gasteiger partial charge on any atom is -0.480 e. The molecule has 0 spiro atoms. The van der Waals surface area contributed by atoms with E-state index < -0.39 is 36.7 Å². The van der Waals surface area contributed by atoms with Gasteiger partial charge in [0.15, 0.2) is 0 Å². The van der Waals surface area contributed by atoms with Crippen LogP contribution in [0, 0.1) is 3.57 Å². The molecule has 2 atom stereocenters. The van der Waals surface area contributed by atoms with Gasteiger partial charge < -0.3 is 25.6 Å². The van der Waals surface area contributed by atoms with Crippen molar-refractivity contribution in [2.24, 2.45) is 0 Å². The lowest BCUT2D eigenvalue weighted by Gasteiger charge is -2.20. The summed E-state index contributed by atoms with van der Waals surface area (Å²) < 4.78 is 5.88. The summed E-state index contributed by atoms with van der Waals surface area (Å²) in [6.07, 6.45) is -0.830. The first kappa shape index (κ1) is 22.6. The first-order chi connectivity index (χ1) is 13.9. The number of carbonyl (C=O) groups excluding carboxylic acids is 2. The minimum atomic E-state index is -1.34. The number of rotatable bonds is 9. The predicted octanol–water partition coefficient (Wildman–Crippen LogP) is 1.69. The van der Waals surface area contributed by atoms with Crippen molar-refractivity contribution in [3.63, 3.8) is 0 Å². The molecule has 2 aromatic carbocycles. The summed E-state index contributed by atoms with van der Waals surface area (Å²) in [5, 5.41) is 23.5. The minimum absolute atomic E-state index is 0.00334. The lowest BCUT2D eigenvalue weighted by atomic mass is 10.1. The normalized spacial score (nSPS) is 12.5. The molecule has 0 aliphatic heterocycles. The molecule has 0 bridgehead atoms. The zero-order valence-corrected chi connectivity index (χ0v) is 17.5. The Morgan fingerprint density at radius 3 is 2.24 bits per heavy atom. The van der Waals surface area contributed by atoms with Crippen molar-refractivity contribution in [3.8, 4) is 0 Å². The van der Waals surface area contributed by atoms with Gasteiger partial charge in [0.1, 0.15) is 18.7 Å². The zero-order valence-electron chi connectivity index (χ0n) is 15.4. The van der Waals surface area contributed by atoms with E-state index in [2.05, 4.69) is 33.2 Å². The van der Waals surface area contributed by atoms with Crippen LogP contribution in [0.1, 0.15) is 11.1 Å². The topological polar surface area (TPSA) is 125 Å². The lowest BCUT2D eigenvalue weighted by Crippen LogP contribution is -2.53. The molecule has 2 aromatic rings. The summed E-state index contributed by atoms with van der Waals surface area (Å²) in [5.41, 5.74) is 1.52. The SMILES string of the molecule is O=C(N[C@@H](CO)C(=O)N[C@@H](Cc1ccccc1I)C(=O)O)OCc1ccccc1. The molecule has 0 saturated heterocycles. The molecule has 2 rings (SSSR count). The van der Waals surface area contributed by atoms with Crippen LogP contribution in [-0.2, 0) is 27.4 Å². The maximum Gasteiger partial charge on any atom is 0.408 e. The van der Waals surface area contributed by atoms with Crippen LogP contribution in [0.3, 0.4) is 0 Å². The molecule has 0 heterocycles. The van der Waals surface area contributed by atoms with Gasteiger partial charge in [0.05, 0.1) is 6.61 Å². The number of hydrogen-bond donors (Lipinski definition) is 4. The highest BCUT2D eigenvalue weighted by atomic mass is 127. The Bertz CT molecular complexity index is 846. The van der Waals surface area contributed by atoms with E-state index in [1.165, 1.54) is 0 Å². The number of aliphatic hydroxyl groups excluding tert-OH is 1. The van der Waals surface area contributed by atoms with Gasteiger partial charge in [-0.05, 0) is 39.8 Å². The molecular formula is C20H21IN2O6. The van der Waals surface area contributed by atoms with Crippen molar-refractivity contribution in [3.05, 3.63) is 69.3 Å². The van der Waals surface area contributed by atoms with Crippen LogP contribution in [0.25, 0.3) is 0 Å². The second-order valence-corrected chi connectivity index (χ2v) is 7.30. The summed E-state index contributed by atoms with van der Waals surface area (Å²) in [6.45, 7) is -0.710. The van der Waals surface area contributed by atoms with Gasteiger partial charge in [-0.2, -0.15) is 0 Å². The van der Waals surface area contributed by atoms with Gasteiger partial charge >= 0.3 is 12.1 Å². The number of alkyl carbamates (subject to hydrolysis) is 1. The predicted molar refractivity (Wildman–Crippen MR) is 113 cm³/mol. The Kier molecular flexibility index (Phi) is 8.87. The Morgan fingerprint density at radius 2 is 1.62 bits per heavy atom. The number of hydrogen-bond acceptors (Lipinski definition) is 5. The fraction of sp³-hybridized carbons (Fsp3) is 0.250. The Labute approximate surface area is 181 Å². The average molecular weight is 512 g/mol. The zero-order chi connectivity index (χ0) is 21.2. The van der Waals surface area contributed by atoms with E-state index in [9.17, 15) is 24.6 Å². The number of nitrogens with one attached hydrogen (secondary N) is 2. The van der Waals surface area contributed by atoms with E-state index in [1.807, 2.05) is 18.2 Å². The van der Waals surface area contributed by atoms with Crippen LogP contribution < -0.4 is 10.6 Å². The van der Waals surface area contributed by atoms with Crippen LogP contribution in [0.15, 0.2) is 54.6 Å². The number of carboxylic acid groups (broad SMARTS) is 1. The van der Waals surface area contributed by atoms with Crippen LogP contribution >= 0.6 is 22.6 Å². The van der Waals surface area contributed by atoms with Crippen molar-refractivity contribution in [1.82, 2.24) is 10.6 Å². The molecule has 0 unspecified atom stereocenters. The second-order valence-electron chi connectivity index (χ2n) is 6.14. The monoisotopic (exact) mass is 512 g/mol. The molecule has 0 fully saturated rings. The summed E-state index contributed by atoms with van der Waals surface area (Å²) >= 11 is 2.08. The van der Waals surface area contributed by atoms with Gasteiger partial charge in [0, 0.05) is 9.99 Å². The van der Waals surface area contributed by atoms with Gasteiger partial charge in [-0.25, -0.2) is 9.59 Å². The van der Waals surface area contributed by atoms with Gasteiger partial charge in [-0.15, -0.1) is 0 Å². The van der Waals surface area contributed by atoms with E-state index in [0.29, 0.717) is 0 Å². The molecule has 0 radical (unpaired) electrons. The van der Waals surface area contributed by atoms with E-state index in [-0.39, 0.29) is 13.0 Å².